The van der Waals surface area contributed by atoms with Crippen molar-refractivity contribution in [1.29, 1.82) is 0 Å². The Morgan fingerprint density at radius 2 is 1.88 bits per heavy atom. The number of anilines is 1. The Balaban J connectivity index is 2.20. The van der Waals surface area contributed by atoms with Crippen LogP contribution in [0.3, 0.4) is 0 Å². The van der Waals surface area contributed by atoms with E-state index in [9.17, 15) is 14.0 Å². The Labute approximate surface area is 153 Å². The maximum Gasteiger partial charge on any atom is 0.337 e. The van der Waals surface area contributed by atoms with Crippen LogP contribution >= 0.6 is 0 Å². The fourth-order valence-electron chi connectivity index (χ4n) is 2.94. The number of amides is 1. The monoisotopic (exact) mass is 357 g/mol. The first-order chi connectivity index (χ1) is 12.3. The average molecular weight is 357 g/mol. The van der Waals surface area contributed by atoms with Crippen LogP contribution in [0.5, 0.6) is 0 Å². The van der Waals surface area contributed by atoms with Crippen LogP contribution in [0.2, 0.25) is 0 Å². The van der Waals surface area contributed by atoms with Gasteiger partial charge in [0.05, 0.1) is 12.7 Å². The summed E-state index contributed by atoms with van der Waals surface area (Å²) in [5.74, 6) is -0.753. The molecule has 2 aromatic carbocycles. The molecular weight excluding hydrogens is 333 g/mol. The summed E-state index contributed by atoms with van der Waals surface area (Å²) < 4.78 is 18.0. The maximum atomic E-state index is 13.3. The lowest BCUT2D eigenvalue weighted by molar-refractivity contribution is -0.118. The van der Waals surface area contributed by atoms with Gasteiger partial charge in [-0.1, -0.05) is 12.1 Å². The van der Waals surface area contributed by atoms with Crippen LogP contribution in [0, 0.1) is 12.7 Å². The van der Waals surface area contributed by atoms with Crippen LogP contribution < -0.4 is 4.90 Å². The van der Waals surface area contributed by atoms with Gasteiger partial charge in [0.25, 0.3) is 0 Å². The third-order valence-electron chi connectivity index (χ3n) is 4.18. The summed E-state index contributed by atoms with van der Waals surface area (Å²) in [7, 11) is 1.34. The molecule has 0 spiro atoms. The summed E-state index contributed by atoms with van der Waals surface area (Å²) >= 11 is 0. The smallest absolute Gasteiger partial charge is 0.337 e. The molecule has 0 aliphatic rings. The Bertz CT molecular complexity index is 802. The molecule has 0 unspecified atom stereocenters. The minimum atomic E-state index is -0.409. The summed E-state index contributed by atoms with van der Waals surface area (Å²) in [5.41, 5.74) is 2.82. The van der Waals surface area contributed by atoms with Crippen molar-refractivity contribution in [2.75, 3.05) is 12.0 Å². The maximum absolute atomic E-state index is 13.3. The largest absolute Gasteiger partial charge is 0.465 e. The number of carbonyl (C=O) groups is 2. The van der Waals surface area contributed by atoms with Crippen LogP contribution in [0.25, 0.3) is 0 Å². The number of carbonyl (C=O) groups excluding carboxylic acids is 2. The highest BCUT2D eigenvalue weighted by molar-refractivity contribution is 5.96. The van der Waals surface area contributed by atoms with Gasteiger partial charge in [0, 0.05) is 18.2 Å². The second-order valence-electron chi connectivity index (χ2n) is 6.48. The molecule has 0 fully saturated rings. The molecule has 0 atom stereocenters. The third kappa shape index (κ3) is 4.69. The zero-order valence-electron chi connectivity index (χ0n) is 15.6. The topological polar surface area (TPSA) is 46.6 Å². The fourth-order valence-corrected chi connectivity index (χ4v) is 2.94. The van der Waals surface area contributed by atoms with Gasteiger partial charge in [-0.15, -0.1) is 0 Å². The van der Waals surface area contributed by atoms with Crippen LogP contribution in [-0.4, -0.2) is 25.0 Å². The van der Waals surface area contributed by atoms with E-state index in [1.165, 1.54) is 19.2 Å². The van der Waals surface area contributed by atoms with Crippen LogP contribution in [0.1, 0.15) is 41.8 Å². The van der Waals surface area contributed by atoms with Gasteiger partial charge >= 0.3 is 5.97 Å². The highest BCUT2D eigenvalue weighted by Crippen LogP contribution is 2.25. The van der Waals surface area contributed by atoms with E-state index in [2.05, 4.69) is 0 Å². The fraction of sp³-hybridized carbons (Fsp3) is 0.333. The number of rotatable bonds is 6. The molecule has 1 amide bonds. The molecule has 138 valence electrons. The normalized spacial score (nSPS) is 10.7. The first-order valence-electron chi connectivity index (χ1n) is 8.59. The third-order valence-corrected chi connectivity index (χ3v) is 4.18. The summed E-state index contributed by atoms with van der Waals surface area (Å²) in [6, 6.07) is 11.4. The molecule has 0 aliphatic heterocycles. The first-order valence-corrected chi connectivity index (χ1v) is 8.59. The highest BCUT2D eigenvalue weighted by Gasteiger charge is 2.21. The molecule has 0 aromatic heterocycles. The molecule has 0 N–H and O–H groups in total. The van der Waals surface area contributed by atoms with Crippen molar-refractivity contribution in [3.63, 3.8) is 0 Å². The molecule has 0 saturated carbocycles. The van der Waals surface area contributed by atoms with Crippen molar-refractivity contribution in [1.82, 2.24) is 0 Å². The summed E-state index contributed by atoms with van der Waals surface area (Å²) in [4.78, 5) is 26.2. The molecule has 2 aromatic rings. The second kappa shape index (κ2) is 8.61. The number of hydrogen-bond acceptors (Lipinski definition) is 3. The van der Waals surface area contributed by atoms with E-state index >= 15 is 0 Å². The molecule has 0 heterocycles. The van der Waals surface area contributed by atoms with Gasteiger partial charge in [-0.25, -0.2) is 9.18 Å². The Hall–Kier alpha value is -2.69. The van der Waals surface area contributed by atoms with Crippen LogP contribution in [0.4, 0.5) is 10.1 Å². The van der Waals surface area contributed by atoms with Gasteiger partial charge in [-0.3, -0.25) is 4.79 Å². The van der Waals surface area contributed by atoms with E-state index < -0.39 is 5.97 Å². The number of aryl methyl sites for hydroxylation is 2. The SMILES string of the molecule is COC(=O)c1ccc(N(C(=O)CCc2cccc(F)c2)C(C)C)c(C)c1. The Morgan fingerprint density at radius 1 is 1.15 bits per heavy atom. The van der Waals surface area contributed by atoms with E-state index in [0.29, 0.717) is 12.0 Å². The predicted octanol–water partition coefficient (Wildman–Crippen LogP) is 4.29. The van der Waals surface area contributed by atoms with Gasteiger partial charge in [0.1, 0.15) is 5.82 Å². The standard InChI is InChI=1S/C21H24FNO3/c1-14(2)23(19-10-9-17(12-15(19)3)21(25)26-4)20(24)11-8-16-6-5-7-18(22)13-16/h5-7,9-10,12-14H,8,11H2,1-4H3. The van der Waals surface area contributed by atoms with Crippen LogP contribution in [0.15, 0.2) is 42.5 Å². The quantitative estimate of drug-likeness (QED) is 0.725. The van der Waals surface area contributed by atoms with Gasteiger partial charge in [-0.05, 0) is 68.7 Å². The predicted molar refractivity (Wildman–Crippen MR) is 99.9 cm³/mol. The number of hydrogen-bond donors (Lipinski definition) is 0. The Kier molecular flexibility index (Phi) is 6.50. The molecule has 26 heavy (non-hydrogen) atoms. The lowest BCUT2D eigenvalue weighted by Crippen LogP contribution is -2.37. The number of methoxy groups -OCH3 is 1. The average Bonchev–Trinajstić information content (AvgIpc) is 2.60. The minimum Gasteiger partial charge on any atom is -0.465 e. The summed E-state index contributed by atoms with van der Waals surface area (Å²) in [6.07, 6.45) is 0.749. The number of benzene rings is 2. The van der Waals surface area contributed by atoms with E-state index in [-0.39, 0.29) is 24.2 Å². The molecule has 5 heteroatoms. The molecule has 0 radical (unpaired) electrons. The molecule has 4 nitrogen and oxygen atoms in total. The van der Waals surface area contributed by atoms with E-state index in [1.54, 1.807) is 29.2 Å². The van der Waals surface area contributed by atoms with Crippen molar-refractivity contribution in [3.05, 3.63) is 65.0 Å². The van der Waals surface area contributed by atoms with Crippen molar-refractivity contribution in [2.24, 2.45) is 0 Å². The van der Waals surface area contributed by atoms with Gasteiger partial charge in [0.15, 0.2) is 0 Å². The van der Waals surface area contributed by atoms with Crippen molar-refractivity contribution < 1.29 is 18.7 Å². The van der Waals surface area contributed by atoms with E-state index in [0.717, 1.165) is 16.8 Å². The van der Waals surface area contributed by atoms with Crippen molar-refractivity contribution in [2.45, 2.75) is 39.7 Å². The Morgan fingerprint density at radius 3 is 2.46 bits per heavy atom. The molecule has 2 rings (SSSR count). The zero-order valence-corrected chi connectivity index (χ0v) is 15.6. The lowest BCUT2D eigenvalue weighted by Gasteiger charge is -2.28. The number of esters is 1. The van der Waals surface area contributed by atoms with Crippen molar-refractivity contribution in [3.8, 4) is 0 Å². The summed E-state index contributed by atoms with van der Waals surface area (Å²) in [5, 5.41) is 0. The molecular formula is C21H24FNO3. The number of nitrogens with zero attached hydrogens (tertiary/aromatic N) is 1. The number of ether oxygens (including phenoxy) is 1. The van der Waals surface area contributed by atoms with E-state index in [4.69, 9.17) is 4.74 Å². The molecule has 0 saturated heterocycles. The van der Waals surface area contributed by atoms with Crippen molar-refractivity contribution >= 4 is 17.6 Å². The second-order valence-corrected chi connectivity index (χ2v) is 6.48. The van der Waals surface area contributed by atoms with Crippen LogP contribution in [-0.2, 0) is 16.0 Å². The summed E-state index contributed by atoms with van der Waals surface area (Å²) in [6.45, 7) is 5.73. The minimum absolute atomic E-state index is 0.0434. The van der Waals surface area contributed by atoms with E-state index in [1.807, 2.05) is 26.8 Å². The zero-order chi connectivity index (χ0) is 19.3. The first kappa shape index (κ1) is 19.6. The van der Waals surface area contributed by atoms with Gasteiger partial charge < -0.3 is 9.64 Å². The highest BCUT2D eigenvalue weighted by atomic mass is 19.1. The number of halogens is 1. The molecule has 0 aliphatic carbocycles. The van der Waals surface area contributed by atoms with Gasteiger partial charge in [-0.2, -0.15) is 0 Å². The van der Waals surface area contributed by atoms with Gasteiger partial charge in [0.2, 0.25) is 5.91 Å². The molecule has 0 bridgehead atoms. The lowest BCUT2D eigenvalue weighted by atomic mass is 10.1.